The van der Waals surface area contributed by atoms with Crippen molar-refractivity contribution in [2.24, 2.45) is 0 Å². The van der Waals surface area contributed by atoms with Gasteiger partial charge in [0.25, 0.3) is 0 Å². The van der Waals surface area contributed by atoms with Gasteiger partial charge in [-0.2, -0.15) is 0 Å². The van der Waals surface area contributed by atoms with Crippen LogP contribution < -0.4 is 11.1 Å². The zero-order valence-electron chi connectivity index (χ0n) is 19.2. The molecule has 1 aliphatic heterocycles. The molecule has 4 aromatic rings. The van der Waals surface area contributed by atoms with Gasteiger partial charge in [-0.05, 0) is 30.7 Å². The van der Waals surface area contributed by atoms with Crippen LogP contribution in [0.5, 0.6) is 0 Å². The first-order valence-electron chi connectivity index (χ1n) is 11.4. The Balaban J connectivity index is 1.46. The lowest BCUT2D eigenvalue weighted by molar-refractivity contribution is -0.124. The number of anilines is 2. The van der Waals surface area contributed by atoms with Crippen LogP contribution >= 0.6 is 11.6 Å². The van der Waals surface area contributed by atoms with E-state index in [2.05, 4.69) is 20.3 Å². The van der Waals surface area contributed by atoms with E-state index in [1.165, 1.54) is 13.0 Å². The van der Waals surface area contributed by atoms with Crippen LogP contribution in [0, 0.1) is 0 Å². The molecule has 8 nitrogen and oxygen atoms in total. The van der Waals surface area contributed by atoms with Crippen LogP contribution in [0.15, 0.2) is 67.2 Å². The fraction of sp³-hybridized carbons (Fsp3) is 0.192. The van der Waals surface area contributed by atoms with Crippen LogP contribution in [0.4, 0.5) is 16.0 Å². The van der Waals surface area contributed by atoms with Gasteiger partial charge in [-0.3, -0.25) is 4.79 Å². The number of imidazole rings is 1. The van der Waals surface area contributed by atoms with Crippen molar-refractivity contribution in [3.05, 3.63) is 89.0 Å². The van der Waals surface area contributed by atoms with Crippen LogP contribution in [0.1, 0.15) is 30.2 Å². The lowest BCUT2D eigenvalue weighted by Crippen LogP contribution is -2.50. The minimum absolute atomic E-state index is 0.0275. The molecular weight excluding hydrogens is 481 g/mol. The lowest BCUT2D eigenvalue weighted by Gasteiger charge is -2.37. The van der Waals surface area contributed by atoms with E-state index in [9.17, 15) is 4.79 Å². The Bertz CT molecular complexity index is 1610. The number of carbonyl (C=O) groups is 1. The molecule has 0 saturated heterocycles. The van der Waals surface area contributed by atoms with E-state index in [-0.39, 0.29) is 29.4 Å². The maximum atomic E-state index is 16.1. The van der Waals surface area contributed by atoms with E-state index >= 15 is 4.39 Å². The monoisotopic (exact) mass is 501 g/mol. The largest absolute Gasteiger partial charge is 0.383 e. The van der Waals surface area contributed by atoms with E-state index in [0.717, 1.165) is 5.56 Å². The van der Waals surface area contributed by atoms with Gasteiger partial charge in [0.05, 0.1) is 11.3 Å². The summed E-state index contributed by atoms with van der Waals surface area (Å²) in [5, 5.41) is 3.35. The van der Waals surface area contributed by atoms with Gasteiger partial charge in [0, 0.05) is 36.5 Å². The van der Waals surface area contributed by atoms with Gasteiger partial charge in [0.15, 0.2) is 17.1 Å². The van der Waals surface area contributed by atoms with Gasteiger partial charge in [-0.1, -0.05) is 42.0 Å². The normalized spacial score (nSPS) is 22.7. The molecule has 0 fully saturated rings. The summed E-state index contributed by atoms with van der Waals surface area (Å²) in [6, 6.07) is 7.52. The molecule has 2 aliphatic rings. The molecule has 2 atom stereocenters. The number of hydrogen-bond donors (Lipinski definition) is 2. The van der Waals surface area contributed by atoms with Crippen molar-refractivity contribution in [2.75, 3.05) is 11.1 Å². The molecule has 3 N–H and O–H groups in total. The zero-order chi connectivity index (χ0) is 25.1. The van der Waals surface area contributed by atoms with E-state index < -0.39 is 17.0 Å². The molecule has 36 heavy (non-hydrogen) atoms. The minimum Gasteiger partial charge on any atom is -0.383 e. The average molecular weight is 502 g/mol. The minimum atomic E-state index is -1.96. The Morgan fingerprint density at radius 2 is 2.11 bits per heavy atom. The number of carbonyl (C=O) groups excluding carboxylic acids is 1. The number of hydrogen-bond acceptors (Lipinski definition) is 6. The predicted molar refractivity (Wildman–Crippen MR) is 135 cm³/mol. The molecule has 1 amide bonds. The fourth-order valence-electron chi connectivity index (χ4n) is 4.95. The van der Waals surface area contributed by atoms with Gasteiger partial charge in [0.2, 0.25) is 5.91 Å². The molecule has 0 radical (unpaired) electrons. The predicted octanol–water partition coefficient (Wildman–Crippen LogP) is 4.45. The molecule has 2 unspecified atom stereocenters. The Kier molecular flexibility index (Phi) is 4.94. The quantitative estimate of drug-likeness (QED) is 0.427. The van der Waals surface area contributed by atoms with Crippen molar-refractivity contribution >= 4 is 34.8 Å². The topological polar surface area (TPSA) is 111 Å². The maximum Gasteiger partial charge on any atom is 0.239 e. The van der Waals surface area contributed by atoms with Crippen molar-refractivity contribution in [1.29, 1.82) is 0 Å². The molecule has 1 aromatic carbocycles. The SMILES string of the molecule is CC1(C2(F)C=CC=CC2)C(=O)Nc2nc(-c3cn4ccnc4c(Cc4cccc(Cl)c4)n3)nc(N)c21. The summed E-state index contributed by atoms with van der Waals surface area (Å²) in [4.78, 5) is 31.4. The van der Waals surface area contributed by atoms with Crippen molar-refractivity contribution in [1.82, 2.24) is 24.3 Å². The van der Waals surface area contributed by atoms with Gasteiger partial charge in [0.1, 0.15) is 22.7 Å². The third-order valence-corrected chi connectivity index (χ3v) is 7.15. The number of nitrogen functional groups attached to an aromatic ring is 1. The Morgan fingerprint density at radius 1 is 1.25 bits per heavy atom. The van der Waals surface area contributed by atoms with Crippen molar-refractivity contribution in [3.63, 3.8) is 0 Å². The number of aromatic nitrogens is 5. The highest BCUT2D eigenvalue weighted by molar-refractivity contribution is 6.30. The van der Waals surface area contributed by atoms with E-state index in [1.54, 1.807) is 36.8 Å². The summed E-state index contributed by atoms with van der Waals surface area (Å²) in [5.41, 5.74) is 5.86. The molecule has 180 valence electrons. The number of halogens is 2. The smallest absolute Gasteiger partial charge is 0.239 e. The second-order valence-corrected chi connectivity index (χ2v) is 9.56. The summed E-state index contributed by atoms with van der Waals surface area (Å²) in [7, 11) is 0. The lowest BCUT2D eigenvalue weighted by atomic mass is 9.68. The number of allylic oxidation sites excluding steroid dienone is 4. The number of nitrogens with one attached hydrogen (secondary N) is 1. The summed E-state index contributed by atoms with van der Waals surface area (Å²) >= 11 is 6.16. The standard InChI is InChI=1S/C26H21ClFN7O/c1-25(26(28)8-3-2-4-9-26)19-20(29)32-21(33-22(19)34-24(25)36)18-14-35-11-10-30-23(35)17(31-18)13-15-6-5-7-16(27)12-15/h2-8,10-12,14H,9,13H2,1H3,(H3,29,32,33,34,36). The van der Waals surface area contributed by atoms with Crippen LogP contribution in [-0.4, -0.2) is 35.9 Å². The third-order valence-electron chi connectivity index (χ3n) is 6.91. The Labute approximate surface area is 210 Å². The van der Waals surface area contributed by atoms with E-state index in [1.807, 2.05) is 28.7 Å². The van der Waals surface area contributed by atoms with Gasteiger partial charge in [-0.25, -0.2) is 24.3 Å². The molecule has 0 saturated carbocycles. The number of rotatable bonds is 4. The third kappa shape index (κ3) is 3.30. The number of alkyl halides is 1. The molecular formula is C26H21ClFN7O. The van der Waals surface area contributed by atoms with Gasteiger partial charge < -0.3 is 15.5 Å². The Morgan fingerprint density at radius 3 is 2.89 bits per heavy atom. The van der Waals surface area contributed by atoms with Crippen LogP contribution in [0.3, 0.4) is 0 Å². The van der Waals surface area contributed by atoms with Crippen molar-refractivity contribution < 1.29 is 9.18 Å². The molecule has 6 rings (SSSR count). The summed E-state index contributed by atoms with van der Waals surface area (Å²) < 4.78 is 17.9. The highest BCUT2D eigenvalue weighted by atomic mass is 35.5. The van der Waals surface area contributed by atoms with Crippen molar-refractivity contribution in [3.8, 4) is 11.5 Å². The molecule has 0 spiro atoms. The highest BCUT2D eigenvalue weighted by Crippen LogP contribution is 2.51. The molecule has 1 aliphatic carbocycles. The molecule has 0 bridgehead atoms. The number of amides is 1. The first-order valence-corrected chi connectivity index (χ1v) is 11.8. The first kappa shape index (κ1) is 22.4. The Hall–Kier alpha value is -4.11. The summed E-state index contributed by atoms with van der Waals surface area (Å²) in [6.45, 7) is 1.54. The van der Waals surface area contributed by atoms with Gasteiger partial charge in [-0.15, -0.1) is 0 Å². The second kappa shape index (κ2) is 7.96. The summed E-state index contributed by atoms with van der Waals surface area (Å²) in [5.74, 6) is -0.0860. The first-order chi connectivity index (χ1) is 17.3. The average Bonchev–Trinajstić information content (AvgIpc) is 3.43. The zero-order valence-corrected chi connectivity index (χ0v) is 20.0. The number of fused-ring (bicyclic) bond motifs is 2. The van der Waals surface area contributed by atoms with Gasteiger partial charge >= 0.3 is 0 Å². The maximum absolute atomic E-state index is 16.1. The molecule has 4 heterocycles. The molecule has 3 aromatic heterocycles. The number of benzene rings is 1. The van der Waals surface area contributed by atoms with Crippen LogP contribution in [-0.2, 0) is 16.6 Å². The second-order valence-electron chi connectivity index (χ2n) is 9.13. The molecule has 10 heteroatoms. The summed E-state index contributed by atoms with van der Waals surface area (Å²) in [6.07, 6.45) is 12.2. The van der Waals surface area contributed by atoms with Crippen LogP contribution in [0.2, 0.25) is 5.02 Å². The van der Waals surface area contributed by atoms with E-state index in [4.69, 9.17) is 22.3 Å². The number of nitrogens with zero attached hydrogens (tertiary/aromatic N) is 5. The highest BCUT2D eigenvalue weighted by Gasteiger charge is 2.59. The van der Waals surface area contributed by atoms with Crippen molar-refractivity contribution in [2.45, 2.75) is 30.8 Å². The number of nitrogens with two attached hydrogens (primary N) is 1. The fourth-order valence-corrected chi connectivity index (χ4v) is 5.16. The van der Waals surface area contributed by atoms with E-state index in [0.29, 0.717) is 28.5 Å². The van der Waals surface area contributed by atoms with Crippen LogP contribution in [0.25, 0.3) is 17.2 Å².